The Morgan fingerprint density at radius 3 is 1.70 bits per heavy atom. The Morgan fingerprint density at radius 1 is 0.800 bits per heavy atom. The summed E-state index contributed by atoms with van der Waals surface area (Å²) >= 11 is 0. The van der Waals surface area contributed by atoms with E-state index in [1.54, 1.807) is 12.1 Å². The van der Waals surface area contributed by atoms with Crippen molar-refractivity contribution in [2.24, 2.45) is 4.99 Å². The summed E-state index contributed by atoms with van der Waals surface area (Å²) in [5, 5.41) is 21.0. The molecule has 0 saturated heterocycles. The zero-order valence-corrected chi connectivity index (χ0v) is 10.2. The summed E-state index contributed by atoms with van der Waals surface area (Å²) in [5.41, 5.74) is 1.28. The fourth-order valence-corrected chi connectivity index (χ4v) is 1.49. The minimum Gasteiger partial charge on any atom is -0.258 e. The van der Waals surface area contributed by atoms with Gasteiger partial charge in [0, 0.05) is 30.5 Å². The molecule has 0 amide bonds. The van der Waals surface area contributed by atoms with Crippen molar-refractivity contribution in [2.45, 2.75) is 0 Å². The Kier molecular flexibility index (Phi) is 3.80. The Morgan fingerprint density at radius 2 is 1.25 bits per heavy atom. The van der Waals surface area contributed by atoms with Gasteiger partial charge in [-0.25, -0.2) is 0 Å². The molecule has 0 fully saturated rings. The van der Waals surface area contributed by atoms with Gasteiger partial charge in [0.1, 0.15) is 0 Å². The molecule has 100 valence electrons. The number of benzene rings is 2. The quantitative estimate of drug-likeness (QED) is 0.484. The van der Waals surface area contributed by atoms with Gasteiger partial charge in [0.15, 0.2) is 0 Å². The summed E-state index contributed by atoms with van der Waals surface area (Å²) in [6.07, 6.45) is 1.53. The van der Waals surface area contributed by atoms with Crippen LogP contribution < -0.4 is 0 Å². The number of non-ortho nitro benzene ring substituents is 2. The van der Waals surface area contributed by atoms with Gasteiger partial charge in [-0.15, -0.1) is 0 Å². The summed E-state index contributed by atoms with van der Waals surface area (Å²) in [6, 6.07) is 11.7. The second-order valence-electron chi connectivity index (χ2n) is 3.88. The third-order valence-corrected chi connectivity index (χ3v) is 2.53. The zero-order valence-electron chi connectivity index (χ0n) is 10.2. The van der Waals surface area contributed by atoms with Crippen molar-refractivity contribution in [3.63, 3.8) is 0 Å². The normalized spacial score (nSPS) is 10.6. The van der Waals surface area contributed by atoms with Crippen molar-refractivity contribution >= 4 is 23.3 Å². The predicted octanol–water partition coefficient (Wildman–Crippen LogP) is 3.25. The van der Waals surface area contributed by atoms with E-state index in [1.165, 1.54) is 42.6 Å². The molecular weight excluding hydrogens is 262 g/mol. The predicted molar refractivity (Wildman–Crippen MR) is 73.4 cm³/mol. The van der Waals surface area contributed by atoms with E-state index in [-0.39, 0.29) is 11.4 Å². The van der Waals surface area contributed by atoms with E-state index >= 15 is 0 Å². The Hall–Kier alpha value is -3.09. The first-order chi connectivity index (χ1) is 9.56. The zero-order chi connectivity index (χ0) is 14.5. The first kappa shape index (κ1) is 13.3. The topological polar surface area (TPSA) is 98.6 Å². The molecule has 0 heterocycles. The van der Waals surface area contributed by atoms with E-state index in [1.807, 2.05) is 0 Å². The molecule has 0 unspecified atom stereocenters. The van der Waals surface area contributed by atoms with Gasteiger partial charge in [-0.3, -0.25) is 25.2 Å². The van der Waals surface area contributed by atoms with Gasteiger partial charge < -0.3 is 0 Å². The van der Waals surface area contributed by atoms with E-state index in [0.29, 0.717) is 11.3 Å². The van der Waals surface area contributed by atoms with Crippen LogP contribution in [0.5, 0.6) is 0 Å². The first-order valence-electron chi connectivity index (χ1n) is 5.59. The van der Waals surface area contributed by atoms with Crippen LogP contribution in [-0.2, 0) is 0 Å². The van der Waals surface area contributed by atoms with Crippen LogP contribution in [-0.4, -0.2) is 16.1 Å². The van der Waals surface area contributed by atoms with Crippen LogP contribution >= 0.6 is 0 Å². The molecular formula is C13H9N3O4. The molecule has 2 aromatic carbocycles. The molecule has 7 heteroatoms. The fraction of sp³-hybridized carbons (Fsp3) is 0. The standard InChI is InChI=1S/C13H9N3O4/c17-15(18)12-5-1-10(2-6-12)9-14-11-3-7-13(8-4-11)16(19)20/h1-9H. The molecule has 2 aromatic rings. The van der Waals surface area contributed by atoms with Crippen LogP contribution in [0.2, 0.25) is 0 Å². The van der Waals surface area contributed by atoms with Gasteiger partial charge in [-0.2, -0.15) is 0 Å². The Labute approximate surface area is 113 Å². The molecule has 0 aliphatic heterocycles. The lowest BCUT2D eigenvalue weighted by molar-refractivity contribution is -0.385. The van der Waals surface area contributed by atoms with Gasteiger partial charge >= 0.3 is 0 Å². The molecule has 20 heavy (non-hydrogen) atoms. The molecule has 2 rings (SSSR count). The number of rotatable bonds is 4. The molecule has 7 nitrogen and oxygen atoms in total. The van der Waals surface area contributed by atoms with Crippen LogP contribution in [0.25, 0.3) is 0 Å². The summed E-state index contributed by atoms with van der Waals surface area (Å²) in [4.78, 5) is 24.2. The van der Waals surface area contributed by atoms with Crippen LogP contribution in [0.4, 0.5) is 17.1 Å². The van der Waals surface area contributed by atoms with Crippen LogP contribution in [0.15, 0.2) is 53.5 Å². The lowest BCUT2D eigenvalue weighted by Gasteiger charge is -1.95. The number of hydrogen-bond acceptors (Lipinski definition) is 5. The van der Waals surface area contributed by atoms with Crippen molar-refractivity contribution in [3.05, 3.63) is 74.3 Å². The Balaban J connectivity index is 2.12. The second-order valence-corrected chi connectivity index (χ2v) is 3.88. The summed E-state index contributed by atoms with van der Waals surface area (Å²) in [6.45, 7) is 0. The highest BCUT2D eigenvalue weighted by atomic mass is 16.6. The number of aliphatic imine (C=N–C) groups is 1. The highest BCUT2D eigenvalue weighted by molar-refractivity contribution is 5.82. The molecule has 0 saturated carbocycles. The molecule has 0 aliphatic rings. The third-order valence-electron chi connectivity index (χ3n) is 2.53. The summed E-state index contributed by atoms with van der Waals surface area (Å²) in [5.74, 6) is 0. The minimum absolute atomic E-state index is 0.000661. The SMILES string of the molecule is O=[N+]([O-])c1ccc(C=Nc2ccc([N+](=O)[O-])cc2)cc1. The van der Waals surface area contributed by atoms with Gasteiger partial charge in [0.2, 0.25) is 0 Å². The molecule has 0 aliphatic carbocycles. The lowest BCUT2D eigenvalue weighted by atomic mass is 10.2. The maximum atomic E-state index is 10.5. The van der Waals surface area contributed by atoms with Gasteiger partial charge in [-0.05, 0) is 29.8 Å². The van der Waals surface area contributed by atoms with Gasteiger partial charge in [-0.1, -0.05) is 0 Å². The highest BCUT2D eigenvalue weighted by Gasteiger charge is 2.04. The van der Waals surface area contributed by atoms with E-state index in [2.05, 4.69) is 4.99 Å². The third kappa shape index (κ3) is 3.22. The maximum Gasteiger partial charge on any atom is 0.269 e. The van der Waals surface area contributed by atoms with E-state index < -0.39 is 9.85 Å². The van der Waals surface area contributed by atoms with Crippen molar-refractivity contribution in [2.75, 3.05) is 0 Å². The fourth-order valence-electron chi connectivity index (χ4n) is 1.49. The maximum absolute atomic E-state index is 10.5. The number of nitro groups is 2. The molecule has 0 N–H and O–H groups in total. The Bertz CT molecular complexity index is 604. The highest BCUT2D eigenvalue weighted by Crippen LogP contribution is 2.18. The van der Waals surface area contributed by atoms with Gasteiger partial charge in [0.05, 0.1) is 15.5 Å². The van der Waals surface area contributed by atoms with E-state index in [9.17, 15) is 20.2 Å². The molecule has 0 aromatic heterocycles. The van der Waals surface area contributed by atoms with Crippen LogP contribution in [0.1, 0.15) is 5.56 Å². The van der Waals surface area contributed by atoms with Crippen molar-refractivity contribution < 1.29 is 9.85 Å². The average molecular weight is 271 g/mol. The molecule has 0 bridgehead atoms. The lowest BCUT2D eigenvalue weighted by Crippen LogP contribution is -1.88. The number of hydrogen-bond donors (Lipinski definition) is 0. The summed E-state index contributed by atoms with van der Waals surface area (Å²) in [7, 11) is 0. The van der Waals surface area contributed by atoms with Crippen LogP contribution in [0, 0.1) is 20.2 Å². The molecule has 0 spiro atoms. The second kappa shape index (κ2) is 5.70. The number of nitro benzene ring substituents is 2. The smallest absolute Gasteiger partial charge is 0.258 e. The van der Waals surface area contributed by atoms with Crippen LogP contribution in [0.3, 0.4) is 0 Å². The number of nitrogens with zero attached hydrogens (tertiary/aromatic N) is 3. The first-order valence-corrected chi connectivity index (χ1v) is 5.59. The minimum atomic E-state index is -0.482. The van der Waals surface area contributed by atoms with Crippen molar-refractivity contribution in [1.29, 1.82) is 0 Å². The van der Waals surface area contributed by atoms with Crippen molar-refractivity contribution in [1.82, 2.24) is 0 Å². The summed E-state index contributed by atoms with van der Waals surface area (Å²) < 4.78 is 0. The molecule has 0 atom stereocenters. The largest absolute Gasteiger partial charge is 0.269 e. The monoisotopic (exact) mass is 271 g/mol. The van der Waals surface area contributed by atoms with Crippen molar-refractivity contribution in [3.8, 4) is 0 Å². The molecule has 0 radical (unpaired) electrons. The van der Waals surface area contributed by atoms with Gasteiger partial charge in [0.25, 0.3) is 11.4 Å². The van der Waals surface area contributed by atoms with E-state index in [0.717, 1.165) is 0 Å². The van der Waals surface area contributed by atoms with E-state index in [4.69, 9.17) is 0 Å². The average Bonchev–Trinajstić information content (AvgIpc) is 2.46.